The van der Waals surface area contributed by atoms with E-state index in [9.17, 15) is 0 Å². The lowest BCUT2D eigenvalue weighted by Gasteiger charge is -1.97. The fraction of sp³-hybridized carbons (Fsp3) is 0.714. The summed E-state index contributed by atoms with van der Waals surface area (Å²) in [6, 6.07) is 0. The van der Waals surface area contributed by atoms with Crippen molar-refractivity contribution in [2.75, 3.05) is 0 Å². The maximum atomic E-state index is 8.98. The van der Waals surface area contributed by atoms with Gasteiger partial charge in [-0.25, -0.2) is 0 Å². The molecular formula is C7H12O. The number of hydrogen-bond acceptors (Lipinski definition) is 1. The number of rotatable bonds is 1. The van der Waals surface area contributed by atoms with Crippen molar-refractivity contribution in [1.29, 1.82) is 0 Å². The number of aliphatic hydroxyl groups excluding tert-OH is 1. The minimum absolute atomic E-state index is 0.0649. The molecule has 1 rings (SSSR count). The van der Waals surface area contributed by atoms with Crippen molar-refractivity contribution in [3.05, 3.63) is 11.6 Å². The van der Waals surface area contributed by atoms with Crippen LogP contribution < -0.4 is 0 Å². The molecule has 8 heavy (non-hydrogen) atoms. The average Bonchev–Trinajstić information content (AvgIpc) is 2.14. The van der Waals surface area contributed by atoms with E-state index in [4.69, 9.17) is 5.11 Å². The maximum absolute atomic E-state index is 8.98. The summed E-state index contributed by atoms with van der Waals surface area (Å²) >= 11 is 0. The molecule has 46 valence electrons. The van der Waals surface area contributed by atoms with Gasteiger partial charge in [0.1, 0.15) is 0 Å². The molecule has 0 fully saturated rings. The molecule has 0 aromatic heterocycles. The molecule has 0 saturated heterocycles. The van der Waals surface area contributed by atoms with Crippen LogP contribution >= 0.6 is 0 Å². The number of hydrogen-bond donors (Lipinski definition) is 1. The van der Waals surface area contributed by atoms with Gasteiger partial charge in [0.05, 0.1) is 6.10 Å². The average molecular weight is 112 g/mol. The van der Waals surface area contributed by atoms with Crippen LogP contribution in [0.1, 0.15) is 26.2 Å². The lowest BCUT2D eigenvalue weighted by Crippen LogP contribution is -1.97. The Morgan fingerprint density at radius 2 is 2.62 bits per heavy atom. The number of aliphatic hydroxyl groups is 1. The van der Waals surface area contributed by atoms with E-state index in [0.29, 0.717) is 0 Å². The van der Waals surface area contributed by atoms with E-state index < -0.39 is 0 Å². The van der Waals surface area contributed by atoms with Crippen LogP contribution in [0.5, 0.6) is 0 Å². The topological polar surface area (TPSA) is 20.2 Å². The van der Waals surface area contributed by atoms with Crippen molar-refractivity contribution in [1.82, 2.24) is 0 Å². The zero-order chi connectivity index (χ0) is 5.98. The van der Waals surface area contributed by atoms with E-state index in [0.717, 1.165) is 19.3 Å². The van der Waals surface area contributed by atoms with Gasteiger partial charge in [0.2, 0.25) is 0 Å². The third-order valence-electron chi connectivity index (χ3n) is 1.63. The van der Waals surface area contributed by atoms with E-state index in [1.165, 1.54) is 5.57 Å². The van der Waals surface area contributed by atoms with Crippen LogP contribution in [0.15, 0.2) is 11.6 Å². The van der Waals surface area contributed by atoms with Gasteiger partial charge in [0.25, 0.3) is 0 Å². The van der Waals surface area contributed by atoms with Crippen LogP contribution in [0, 0.1) is 0 Å². The van der Waals surface area contributed by atoms with Crippen molar-refractivity contribution < 1.29 is 5.11 Å². The summed E-state index contributed by atoms with van der Waals surface area (Å²) in [6.07, 6.45) is 4.98. The minimum Gasteiger partial charge on any atom is -0.392 e. The first-order valence-corrected chi connectivity index (χ1v) is 3.19. The van der Waals surface area contributed by atoms with Gasteiger partial charge in [-0.2, -0.15) is 0 Å². The molecule has 1 aliphatic carbocycles. The first-order chi connectivity index (χ1) is 3.83. The molecule has 0 bridgehead atoms. The first-order valence-electron chi connectivity index (χ1n) is 3.19. The van der Waals surface area contributed by atoms with E-state index in [-0.39, 0.29) is 6.10 Å². The summed E-state index contributed by atoms with van der Waals surface area (Å²) in [6.45, 7) is 2.13. The normalized spacial score (nSPS) is 28.2. The Bertz CT molecular complexity index is 105. The van der Waals surface area contributed by atoms with Crippen molar-refractivity contribution in [2.24, 2.45) is 0 Å². The summed E-state index contributed by atoms with van der Waals surface area (Å²) < 4.78 is 0. The smallest absolute Gasteiger partial charge is 0.0611 e. The van der Waals surface area contributed by atoms with E-state index in [2.05, 4.69) is 13.0 Å². The molecule has 1 nitrogen and oxygen atoms in total. The molecule has 1 heteroatoms. The molecule has 1 atom stereocenters. The van der Waals surface area contributed by atoms with Crippen molar-refractivity contribution in [2.45, 2.75) is 32.3 Å². The standard InChI is InChI=1S/C7H12O/c1-2-6-3-4-7(8)5-6/h3,7-8H,2,4-5H2,1H3. The van der Waals surface area contributed by atoms with Crippen molar-refractivity contribution >= 4 is 0 Å². The fourth-order valence-electron chi connectivity index (χ4n) is 1.06. The molecule has 1 aliphatic rings. The third kappa shape index (κ3) is 1.10. The second-order valence-corrected chi connectivity index (χ2v) is 2.31. The Morgan fingerprint density at radius 3 is 2.88 bits per heavy atom. The minimum atomic E-state index is -0.0649. The summed E-state index contributed by atoms with van der Waals surface area (Å²) in [7, 11) is 0. The SMILES string of the molecule is CCC1=CCC(O)C1. The summed E-state index contributed by atoms with van der Waals surface area (Å²) in [4.78, 5) is 0. The summed E-state index contributed by atoms with van der Waals surface area (Å²) in [5.41, 5.74) is 1.41. The third-order valence-corrected chi connectivity index (χ3v) is 1.63. The van der Waals surface area contributed by atoms with Crippen LogP contribution in [0.3, 0.4) is 0 Å². The molecule has 0 radical (unpaired) electrons. The molecule has 0 heterocycles. The molecule has 1 N–H and O–H groups in total. The lowest BCUT2D eigenvalue weighted by atomic mass is 10.2. The Morgan fingerprint density at radius 1 is 1.88 bits per heavy atom. The van der Waals surface area contributed by atoms with Gasteiger partial charge >= 0.3 is 0 Å². The second kappa shape index (κ2) is 2.31. The zero-order valence-electron chi connectivity index (χ0n) is 5.22. The largest absolute Gasteiger partial charge is 0.392 e. The highest BCUT2D eigenvalue weighted by Gasteiger charge is 2.10. The molecule has 1 unspecified atom stereocenters. The van der Waals surface area contributed by atoms with Crippen LogP contribution in [0.2, 0.25) is 0 Å². The van der Waals surface area contributed by atoms with E-state index >= 15 is 0 Å². The van der Waals surface area contributed by atoms with Crippen LogP contribution in [-0.2, 0) is 0 Å². The molecule has 0 saturated carbocycles. The van der Waals surface area contributed by atoms with Gasteiger partial charge in [-0.3, -0.25) is 0 Å². The highest BCUT2D eigenvalue weighted by atomic mass is 16.3. The van der Waals surface area contributed by atoms with Crippen LogP contribution in [-0.4, -0.2) is 11.2 Å². The fourth-order valence-corrected chi connectivity index (χ4v) is 1.06. The molecular weight excluding hydrogens is 100 g/mol. The Labute approximate surface area is 50.0 Å². The quantitative estimate of drug-likeness (QED) is 0.509. The molecule has 0 aromatic carbocycles. The highest BCUT2D eigenvalue weighted by Crippen LogP contribution is 2.20. The van der Waals surface area contributed by atoms with Gasteiger partial charge in [-0.05, 0) is 19.3 Å². The zero-order valence-corrected chi connectivity index (χ0v) is 5.22. The van der Waals surface area contributed by atoms with Gasteiger partial charge < -0.3 is 5.11 Å². The van der Waals surface area contributed by atoms with Crippen molar-refractivity contribution in [3.63, 3.8) is 0 Å². The van der Waals surface area contributed by atoms with Gasteiger partial charge in [0.15, 0.2) is 0 Å². The molecule has 0 aromatic rings. The monoisotopic (exact) mass is 112 g/mol. The highest BCUT2D eigenvalue weighted by molar-refractivity contribution is 5.09. The maximum Gasteiger partial charge on any atom is 0.0611 e. The van der Waals surface area contributed by atoms with Crippen LogP contribution in [0.4, 0.5) is 0 Å². The summed E-state index contributed by atoms with van der Waals surface area (Å²) in [5.74, 6) is 0. The molecule has 0 spiro atoms. The van der Waals surface area contributed by atoms with E-state index in [1.54, 1.807) is 0 Å². The molecule has 0 aliphatic heterocycles. The Kier molecular flexibility index (Phi) is 1.69. The second-order valence-electron chi connectivity index (χ2n) is 2.31. The van der Waals surface area contributed by atoms with Gasteiger partial charge in [0, 0.05) is 0 Å². The Balaban J connectivity index is 2.37. The predicted octanol–water partition coefficient (Wildman–Crippen LogP) is 1.48. The van der Waals surface area contributed by atoms with Crippen molar-refractivity contribution in [3.8, 4) is 0 Å². The predicted molar refractivity (Wildman–Crippen MR) is 33.6 cm³/mol. The van der Waals surface area contributed by atoms with Gasteiger partial charge in [-0.15, -0.1) is 0 Å². The molecule has 0 amide bonds. The Hall–Kier alpha value is -0.300. The lowest BCUT2D eigenvalue weighted by molar-refractivity contribution is 0.187. The van der Waals surface area contributed by atoms with Gasteiger partial charge in [-0.1, -0.05) is 18.6 Å². The van der Waals surface area contributed by atoms with Crippen LogP contribution in [0.25, 0.3) is 0 Å². The van der Waals surface area contributed by atoms with E-state index in [1.807, 2.05) is 0 Å². The summed E-state index contributed by atoms with van der Waals surface area (Å²) in [5, 5.41) is 8.98. The first kappa shape index (κ1) is 5.83.